The van der Waals surface area contributed by atoms with Crippen LogP contribution in [-0.2, 0) is 20.2 Å². The average Bonchev–Trinajstić information content (AvgIpc) is 3.17. The van der Waals surface area contributed by atoms with E-state index in [1.807, 2.05) is 6.07 Å². The molecule has 3 aliphatic rings. The molecule has 2 unspecified atom stereocenters. The number of nitrogens with one attached hydrogen (secondary N) is 1. The Morgan fingerprint density at radius 3 is 2.72 bits per heavy atom. The van der Waals surface area contributed by atoms with Crippen LogP contribution < -0.4 is 4.72 Å². The molecule has 0 bridgehead atoms. The molecule has 0 aromatic heterocycles. The third-order valence-electron chi connectivity index (χ3n) is 6.21. The molecular formula is C19H28N2O3S. The van der Waals surface area contributed by atoms with E-state index in [9.17, 15) is 8.42 Å². The molecule has 6 heteroatoms. The highest BCUT2D eigenvalue weighted by molar-refractivity contribution is 7.88. The fraction of sp³-hybridized carbons (Fsp3) is 0.684. The van der Waals surface area contributed by atoms with Crippen LogP contribution in [-0.4, -0.2) is 52.4 Å². The summed E-state index contributed by atoms with van der Waals surface area (Å²) in [7, 11) is -3.21. The van der Waals surface area contributed by atoms with Crippen LogP contribution in [0.2, 0.25) is 0 Å². The van der Waals surface area contributed by atoms with E-state index in [1.54, 1.807) is 0 Å². The molecule has 2 fully saturated rings. The molecule has 2 saturated heterocycles. The van der Waals surface area contributed by atoms with Crippen molar-refractivity contribution in [3.63, 3.8) is 0 Å². The van der Waals surface area contributed by atoms with Crippen LogP contribution in [0.25, 0.3) is 0 Å². The van der Waals surface area contributed by atoms with Gasteiger partial charge in [0.25, 0.3) is 0 Å². The zero-order chi connectivity index (χ0) is 17.5. The largest absolute Gasteiger partial charge is 0.381 e. The Labute approximate surface area is 150 Å². The monoisotopic (exact) mass is 364 g/mol. The molecule has 1 spiro atoms. The number of hydrogen-bond acceptors (Lipinski definition) is 4. The molecule has 1 aliphatic carbocycles. The molecule has 0 saturated carbocycles. The first-order chi connectivity index (χ1) is 12.0. The van der Waals surface area contributed by atoms with Crippen molar-refractivity contribution < 1.29 is 13.2 Å². The Balaban J connectivity index is 1.49. The third kappa shape index (κ3) is 3.63. The van der Waals surface area contributed by atoms with Gasteiger partial charge in [0.1, 0.15) is 0 Å². The van der Waals surface area contributed by atoms with Gasteiger partial charge >= 0.3 is 0 Å². The molecule has 0 amide bonds. The molecule has 138 valence electrons. The topological polar surface area (TPSA) is 58.6 Å². The van der Waals surface area contributed by atoms with Crippen molar-refractivity contribution in [2.75, 3.05) is 39.1 Å². The lowest BCUT2D eigenvalue weighted by molar-refractivity contribution is 0.125. The smallest absolute Gasteiger partial charge is 0.209 e. The maximum Gasteiger partial charge on any atom is 0.209 e. The lowest BCUT2D eigenvalue weighted by Gasteiger charge is -2.41. The van der Waals surface area contributed by atoms with Crippen LogP contribution in [0.3, 0.4) is 0 Å². The molecule has 1 aromatic carbocycles. The van der Waals surface area contributed by atoms with Gasteiger partial charge in [0, 0.05) is 19.2 Å². The summed E-state index contributed by atoms with van der Waals surface area (Å²) in [5.74, 6) is 0.685. The summed E-state index contributed by atoms with van der Waals surface area (Å²) in [6, 6.07) is 8.32. The standard InChI is InChI=1S/C19H28N2O3S/c1-25(22,23)20-18-12-19(17-5-3-2-4-16(17)18)7-9-21(10-8-19)13-15-6-11-24-14-15/h2-5,15,18,20H,6-14H2,1H3. The predicted molar refractivity (Wildman–Crippen MR) is 98.1 cm³/mol. The Morgan fingerprint density at radius 2 is 2.04 bits per heavy atom. The minimum Gasteiger partial charge on any atom is -0.381 e. The maximum absolute atomic E-state index is 11.8. The van der Waals surface area contributed by atoms with Crippen LogP contribution >= 0.6 is 0 Å². The normalized spacial score (nSPS) is 29.2. The van der Waals surface area contributed by atoms with Gasteiger partial charge in [0.2, 0.25) is 10.0 Å². The molecule has 2 atom stereocenters. The van der Waals surface area contributed by atoms with E-state index < -0.39 is 10.0 Å². The van der Waals surface area contributed by atoms with E-state index in [2.05, 4.69) is 27.8 Å². The first-order valence-electron chi connectivity index (χ1n) is 9.32. The zero-order valence-electron chi connectivity index (χ0n) is 14.9. The summed E-state index contributed by atoms with van der Waals surface area (Å²) >= 11 is 0. The minimum absolute atomic E-state index is 0.0824. The summed E-state index contributed by atoms with van der Waals surface area (Å²) in [6.07, 6.45) is 5.55. The van der Waals surface area contributed by atoms with Crippen LogP contribution in [0, 0.1) is 5.92 Å². The van der Waals surface area contributed by atoms with E-state index in [-0.39, 0.29) is 11.5 Å². The lowest BCUT2D eigenvalue weighted by Crippen LogP contribution is -2.43. The molecule has 25 heavy (non-hydrogen) atoms. The van der Waals surface area contributed by atoms with Crippen molar-refractivity contribution in [2.45, 2.75) is 37.1 Å². The molecule has 2 heterocycles. The van der Waals surface area contributed by atoms with E-state index >= 15 is 0 Å². The van der Waals surface area contributed by atoms with Crippen LogP contribution in [0.5, 0.6) is 0 Å². The second-order valence-corrected chi connectivity index (χ2v) is 9.82. The fourth-order valence-electron chi connectivity index (χ4n) is 4.99. The predicted octanol–water partition coefficient (Wildman–Crippen LogP) is 2.05. The molecule has 5 nitrogen and oxygen atoms in total. The zero-order valence-corrected chi connectivity index (χ0v) is 15.7. The molecule has 1 aromatic rings. The van der Waals surface area contributed by atoms with Crippen molar-refractivity contribution in [3.8, 4) is 0 Å². The van der Waals surface area contributed by atoms with Gasteiger partial charge in [-0.15, -0.1) is 0 Å². The number of benzene rings is 1. The van der Waals surface area contributed by atoms with Crippen molar-refractivity contribution in [1.82, 2.24) is 9.62 Å². The number of rotatable bonds is 4. The van der Waals surface area contributed by atoms with Crippen molar-refractivity contribution >= 4 is 10.0 Å². The average molecular weight is 365 g/mol. The second-order valence-electron chi connectivity index (χ2n) is 8.04. The highest BCUT2D eigenvalue weighted by Crippen LogP contribution is 2.50. The number of sulfonamides is 1. The fourth-order valence-corrected chi connectivity index (χ4v) is 5.71. The van der Waals surface area contributed by atoms with Crippen LogP contribution in [0.4, 0.5) is 0 Å². The van der Waals surface area contributed by atoms with Gasteiger partial charge in [-0.25, -0.2) is 13.1 Å². The van der Waals surface area contributed by atoms with Gasteiger partial charge in [-0.1, -0.05) is 24.3 Å². The molecule has 0 radical (unpaired) electrons. The van der Waals surface area contributed by atoms with Crippen LogP contribution in [0.1, 0.15) is 42.9 Å². The van der Waals surface area contributed by atoms with Gasteiger partial charge in [-0.2, -0.15) is 0 Å². The number of likely N-dealkylation sites (tertiary alicyclic amines) is 1. The molecule has 1 N–H and O–H groups in total. The third-order valence-corrected chi connectivity index (χ3v) is 6.92. The Kier molecular flexibility index (Phi) is 4.65. The first-order valence-corrected chi connectivity index (χ1v) is 11.2. The Morgan fingerprint density at radius 1 is 1.28 bits per heavy atom. The van der Waals surface area contributed by atoms with E-state index in [1.165, 1.54) is 23.8 Å². The molecule has 2 aliphatic heterocycles. The number of ether oxygens (including phenoxy) is 1. The maximum atomic E-state index is 11.8. The first kappa shape index (κ1) is 17.5. The Hall–Kier alpha value is -0.950. The lowest BCUT2D eigenvalue weighted by atomic mass is 9.73. The van der Waals surface area contributed by atoms with Crippen molar-refractivity contribution in [3.05, 3.63) is 35.4 Å². The number of fused-ring (bicyclic) bond motifs is 2. The number of nitrogens with zero attached hydrogens (tertiary/aromatic N) is 1. The molecular weight excluding hydrogens is 336 g/mol. The van der Waals surface area contributed by atoms with E-state index in [0.29, 0.717) is 5.92 Å². The summed E-state index contributed by atoms with van der Waals surface area (Å²) in [5, 5.41) is 0. The van der Waals surface area contributed by atoms with Gasteiger partial charge in [0.05, 0.1) is 12.9 Å². The van der Waals surface area contributed by atoms with Gasteiger partial charge in [-0.3, -0.25) is 0 Å². The minimum atomic E-state index is -3.21. The SMILES string of the molecule is CS(=O)(=O)NC1CC2(CCN(CC3CCOC3)CC2)c2ccccc21. The number of piperidine rings is 1. The summed E-state index contributed by atoms with van der Waals surface area (Å²) in [4.78, 5) is 2.57. The Bertz CT molecular complexity index is 720. The summed E-state index contributed by atoms with van der Waals surface area (Å²) in [6.45, 7) is 5.15. The van der Waals surface area contributed by atoms with Crippen LogP contribution in [0.15, 0.2) is 24.3 Å². The quantitative estimate of drug-likeness (QED) is 0.888. The van der Waals surface area contributed by atoms with Crippen molar-refractivity contribution in [1.29, 1.82) is 0 Å². The highest BCUT2D eigenvalue weighted by atomic mass is 32.2. The van der Waals surface area contributed by atoms with Crippen molar-refractivity contribution in [2.24, 2.45) is 5.92 Å². The van der Waals surface area contributed by atoms with Gasteiger partial charge in [0.15, 0.2) is 0 Å². The molecule has 4 rings (SSSR count). The van der Waals surface area contributed by atoms with E-state index in [4.69, 9.17) is 4.74 Å². The van der Waals surface area contributed by atoms with Gasteiger partial charge in [-0.05, 0) is 61.2 Å². The highest BCUT2D eigenvalue weighted by Gasteiger charge is 2.46. The summed E-state index contributed by atoms with van der Waals surface area (Å²) < 4.78 is 31.9. The number of hydrogen-bond donors (Lipinski definition) is 1. The van der Waals surface area contributed by atoms with E-state index in [0.717, 1.165) is 52.1 Å². The second kappa shape index (κ2) is 6.65. The van der Waals surface area contributed by atoms with Gasteiger partial charge < -0.3 is 9.64 Å². The summed E-state index contributed by atoms with van der Waals surface area (Å²) in [5.41, 5.74) is 2.66.